The lowest BCUT2D eigenvalue weighted by molar-refractivity contribution is 0.0734. The van der Waals surface area contributed by atoms with Crippen molar-refractivity contribution in [3.8, 4) is 11.5 Å². The first-order valence-corrected chi connectivity index (χ1v) is 11.0. The van der Waals surface area contributed by atoms with E-state index >= 15 is 0 Å². The third kappa shape index (κ3) is 5.81. The zero-order valence-corrected chi connectivity index (χ0v) is 19.2. The number of aryl methyl sites for hydroxylation is 1. The van der Waals surface area contributed by atoms with Crippen LogP contribution in [0.2, 0.25) is 0 Å². The topological polar surface area (TPSA) is 77.0 Å². The lowest BCUT2D eigenvalue weighted by Crippen LogP contribution is -2.17. The average molecular weight is 465 g/mol. The fourth-order valence-electron chi connectivity index (χ4n) is 3.42. The molecular weight excluding hydrogens is 440 g/mol. The van der Waals surface area contributed by atoms with E-state index in [4.69, 9.17) is 9.47 Å². The Morgan fingerprint density at radius 3 is 2.37 bits per heavy atom. The Balaban J connectivity index is 1.55. The third-order valence-corrected chi connectivity index (χ3v) is 5.26. The fraction of sp³-hybridized carbons (Fsp3) is 0.0690. The van der Waals surface area contributed by atoms with Crippen molar-refractivity contribution in [1.82, 2.24) is 5.43 Å². The van der Waals surface area contributed by atoms with Gasteiger partial charge in [0.1, 0.15) is 18.1 Å². The van der Waals surface area contributed by atoms with E-state index in [2.05, 4.69) is 17.1 Å². The van der Waals surface area contributed by atoms with Crippen molar-refractivity contribution in [3.63, 3.8) is 0 Å². The molecule has 0 aliphatic carbocycles. The molecule has 0 saturated carbocycles. The summed E-state index contributed by atoms with van der Waals surface area (Å²) >= 11 is 0. The molecule has 0 unspecified atom stereocenters. The van der Waals surface area contributed by atoms with Crippen LogP contribution >= 0.6 is 0 Å². The number of hydrazone groups is 1. The summed E-state index contributed by atoms with van der Waals surface area (Å²) < 4.78 is 11.1. The minimum atomic E-state index is -0.474. The molecule has 0 bridgehead atoms. The van der Waals surface area contributed by atoms with E-state index in [-0.39, 0.29) is 5.91 Å². The molecule has 0 radical (unpaired) electrons. The first-order valence-electron chi connectivity index (χ1n) is 11.0. The molecule has 6 nitrogen and oxygen atoms in total. The summed E-state index contributed by atoms with van der Waals surface area (Å²) in [5, 5.41) is 5.92. The number of hydrogen-bond acceptors (Lipinski definition) is 5. The number of nitrogens with zero attached hydrogens (tertiary/aromatic N) is 1. The quantitative estimate of drug-likeness (QED) is 0.119. The smallest absolute Gasteiger partial charge is 0.343 e. The van der Waals surface area contributed by atoms with Gasteiger partial charge in [-0.05, 0) is 60.2 Å². The normalized spacial score (nSPS) is 10.8. The van der Waals surface area contributed by atoms with Crippen molar-refractivity contribution in [3.05, 3.63) is 120 Å². The Hall–Kier alpha value is -4.71. The highest BCUT2D eigenvalue weighted by Gasteiger charge is 2.14. The van der Waals surface area contributed by atoms with Crippen LogP contribution in [0.25, 0.3) is 10.8 Å². The van der Waals surface area contributed by atoms with Gasteiger partial charge in [-0.1, -0.05) is 60.7 Å². The van der Waals surface area contributed by atoms with Crippen molar-refractivity contribution < 1.29 is 19.1 Å². The first kappa shape index (κ1) is 23.4. The SMILES string of the molecule is C=CCOc1ccc(C(=O)NN=Cc2c(OC(=O)c3ccc(C)cc3)ccc3ccccc23)cc1. The summed E-state index contributed by atoms with van der Waals surface area (Å²) in [6.45, 7) is 5.94. The molecule has 1 N–H and O–H groups in total. The molecule has 6 heteroatoms. The highest BCUT2D eigenvalue weighted by atomic mass is 16.5. The molecule has 0 aliphatic heterocycles. The van der Waals surface area contributed by atoms with Crippen LogP contribution in [0.5, 0.6) is 11.5 Å². The van der Waals surface area contributed by atoms with E-state index in [1.54, 1.807) is 48.5 Å². The molecule has 4 aromatic rings. The molecule has 174 valence electrons. The second-order valence-corrected chi connectivity index (χ2v) is 7.78. The molecule has 0 aromatic heterocycles. The van der Waals surface area contributed by atoms with Gasteiger partial charge < -0.3 is 9.47 Å². The molecule has 4 aromatic carbocycles. The predicted molar refractivity (Wildman–Crippen MR) is 137 cm³/mol. The van der Waals surface area contributed by atoms with Gasteiger partial charge in [0.15, 0.2) is 0 Å². The molecule has 0 spiro atoms. The minimum Gasteiger partial charge on any atom is -0.490 e. The number of ether oxygens (including phenoxy) is 2. The lowest BCUT2D eigenvalue weighted by atomic mass is 10.0. The van der Waals surface area contributed by atoms with E-state index in [0.717, 1.165) is 16.3 Å². The Kier molecular flexibility index (Phi) is 7.33. The number of carbonyl (C=O) groups excluding carboxylic acids is 2. The number of nitrogens with one attached hydrogen (secondary N) is 1. The fourth-order valence-corrected chi connectivity index (χ4v) is 3.42. The summed E-state index contributed by atoms with van der Waals surface area (Å²) in [5.74, 6) is 0.129. The summed E-state index contributed by atoms with van der Waals surface area (Å²) in [7, 11) is 0. The maximum atomic E-state index is 12.7. The lowest BCUT2D eigenvalue weighted by Gasteiger charge is -2.11. The van der Waals surface area contributed by atoms with Gasteiger partial charge in [0.2, 0.25) is 0 Å². The number of hydrogen-bond donors (Lipinski definition) is 1. The Labute approximate surface area is 203 Å². The minimum absolute atomic E-state index is 0.344. The van der Waals surface area contributed by atoms with Crippen LogP contribution in [0.15, 0.2) is 103 Å². The molecule has 4 rings (SSSR count). The van der Waals surface area contributed by atoms with Crippen LogP contribution in [0.3, 0.4) is 0 Å². The van der Waals surface area contributed by atoms with Gasteiger partial charge in [0.25, 0.3) is 5.91 Å². The van der Waals surface area contributed by atoms with Crippen molar-refractivity contribution >= 4 is 28.9 Å². The van der Waals surface area contributed by atoms with Gasteiger partial charge in [-0.2, -0.15) is 5.10 Å². The van der Waals surface area contributed by atoms with Crippen LogP contribution in [-0.4, -0.2) is 24.7 Å². The van der Waals surface area contributed by atoms with E-state index < -0.39 is 5.97 Å². The van der Waals surface area contributed by atoms with E-state index in [0.29, 0.717) is 34.8 Å². The van der Waals surface area contributed by atoms with Crippen molar-refractivity contribution in [2.75, 3.05) is 6.61 Å². The molecular formula is C29H24N2O4. The molecule has 0 heterocycles. The maximum Gasteiger partial charge on any atom is 0.343 e. The molecule has 0 atom stereocenters. The number of benzene rings is 4. The molecule has 1 amide bonds. The van der Waals surface area contributed by atoms with Gasteiger partial charge in [0, 0.05) is 11.1 Å². The van der Waals surface area contributed by atoms with Crippen molar-refractivity contribution in [2.45, 2.75) is 6.92 Å². The zero-order chi connectivity index (χ0) is 24.6. The second-order valence-electron chi connectivity index (χ2n) is 7.78. The number of rotatable bonds is 8. The van der Waals surface area contributed by atoms with E-state index in [9.17, 15) is 9.59 Å². The highest BCUT2D eigenvalue weighted by Crippen LogP contribution is 2.27. The Bertz CT molecular complexity index is 1390. The molecule has 0 aliphatic rings. The summed E-state index contributed by atoms with van der Waals surface area (Å²) in [6.07, 6.45) is 3.13. The van der Waals surface area contributed by atoms with Crippen LogP contribution < -0.4 is 14.9 Å². The third-order valence-electron chi connectivity index (χ3n) is 5.26. The van der Waals surface area contributed by atoms with Crippen LogP contribution in [-0.2, 0) is 0 Å². The van der Waals surface area contributed by atoms with Gasteiger partial charge in [0.05, 0.1) is 11.8 Å². The maximum absolute atomic E-state index is 12.7. The molecule has 0 fully saturated rings. The second kappa shape index (κ2) is 10.9. The van der Waals surface area contributed by atoms with Gasteiger partial charge in [-0.25, -0.2) is 10.2 Å². The van der Waals surface area contributed by atoms with Gasteiger partial charge >= 0.3 is 5.97 Å². The zero-order valence-electron chi connectivity index (χ0n) is 19.2. The van der Waals surface area contributed by atoms with Gasteiger partial charge in [-0.15, -0.1) is 0 Å². The van der Waals surface area contributed by atoms with Crippen molar-refractivity contribution in [2.24, 2.45) is 5.10 Å². The first-order chi connectivity index (χ1) is 17.0. The predicted octanol–water partition coefficient (Wildman–Crippen LogP) is 5.70. The largest absolute Gasteiger partial charge is 0.490 e. The Morgan fingerprint density at radius 1 is 0.914 bits per heavy atom. The number of fused-ring (bicyclic) bond motifs is 1. The van der Waals surface area contributed by atoms with Crippen LogP contribution in [0, 0.1) is 6.92 Å². The number of esters is 1. The Morgan fingerprint density at radius 2 is 1.63 bits per heavy atom. The standard InChI is InChI=1S/C29H24N2O4/c1-3-18-34-24-15-12-22(13-16-24)28(32)31-30-19-26-25-7-5-4-6-21(25)14-17-27(26)35-29(33)23-10-8-20(2)9-11-23/h3-17,19H,1,18H2,2H3,(H,31,32). The monoisotopic (exact) mass is 464 g/mol. The summed E-state index contributed by atoms with van der Waals surface area (Å²) in [5.41, 5.74) is 5.03. The van der Waals surface area contributed by atoms with Gasteiger partial charge in [-0.3, -0.25) is 4.79 Å². The van der Waals surface area contributed by atoms with Crippen LogP contribution in [0.4, 0.5) is 0 Å². The molecule has 35 heavy (non-hydrogen) atoms. The number of amides is 1. The number of carbonyl (C=O) groups is 2. The van der Waals surface area contributed by atoms with Crippen LogP contribution in [0.1, 0.15) is 31.8 Å². The summed E-state index contributed by atoms with van der Waals surface area (Å²) in [6, 6.07) is 25.1. The van der Waals surface area contributed by atoms with E-state index in [1.165, 1.54) is 6.21 Å². The molecule has 0 saturated heterocycles. The summed E-state index contributed by atoms with van der Waals surface area (Å²) in [4.78, 5) is 25.3. The van der Waals surface area contributed by atoms with Crippen molar-refractivity contribution in [1.29, 1.82) is 0 Å². The highest BCUT2D eigenvalue weighted by molar-refractivity contribution is 6.04. The van der Waals surface area contributed by atoms with E-state index in [1.807, 2.05) is 49.4 Å². The average Bonchev–Trinajstić information content (AvgIpc) is 2.89.